The smallest absolute Gasteiger partial charge is 0.227 e. The third kappa shape index (κ3) is 3.77. The van der Waals surface area contributed by atoms with E-state index in [0.717, 1.165) is 44.6 Å². The van der Waals surface area contributed by atoms with Crippen LogP contribution in [0.1, 0.15) is 11.1 Å². The Labute approximate surface area is 166 Å². The number of thiazole rings is 1. The van der Waals surface area contributed by atoms with E-state index in [0.29, 0.717) is 19.5 Å². The number of aromatic nitrogens is 1. The van der Waals surface area contributed by atoms with Crippen LogP contribution >= 0.6 is 22.9 Å². The van der Waals surface area contributed by atoms with Gasteiger partial charge < -0.3 is 9.80 Å². The Morgan fingerprint density at radius 3 is 2.56 bits per heavy atom. The van der Waals surface area contributed by atoms with Gasteiger partial charge in [0.1, 0.15) is 5.82 Å². The topological polar surface area (TPSA) is 36.4 Å². The monoisotopic (exact) mass is 403 g/mol. The Morgan fingerprint density at radius 1 is 1.15 bits per heavy atom. The largest absolute Gasteiger partial charge is 0.345 e. The summed E-state index contributed by atoms with van der Waals surface area (Å²) in [6.45, 7) is 4.81. The van der Waals surface area contributed by atoms with Gasteiger partial charge in [0.2, 0.25) is 5.91 Å². The molecule has 27 heavy (non-hydrogen) atoms. The van der Waals surface area contributed by atoms with E-state index in [9.17, 15) is 9.18 Å². The molecule has 0 aliphatic carbocycles. The van der Waals surface area contributed by atoms with Gasteiger partial charge in [-0.15, -0.1) is 0 Å². The molecule has 0 unspecified atom stereocenters. The lowest BCUT2D eigenvalue weighted by molar-refractivity contribution is -0.130. The number of amides is 1. The first-order valence-electron chi connectivity index (χ1n) is 8.84. The Bertz CT molecular complexity index is 981. The molecule has 1 aliphatic rings. The number of fused-ring (bicyclic) bond motifs is 1. The van der Waals surface area contributed by atoms with Crippen molar-refractivity contribution in [3.05, 3.63) is 58.4 Å². The van der Waals surface area contributed by atoms with Crippen LogP contribution in [0.2, 0.25) is 5.02 Å². The summed E-state index contributed by atoms with van der Waals surface area (Å²) in [5.74, 6) is -0.208. The van der Waals surface area contributed by atoms with Crippen LogP contribution in [0.15, 0.2) is 36.4 Å². The quantitative estimate of drug-likeness (QED) is 0.654. The molecule has 0 saturated carbocycles. The summed E-state index contributed by atoms with van der Waals surface area (Å²) in [4.78, 5) is 21.4. The molecule has 3 aromatic rings. The van der Waals surface area contributed by atoms with E-state index >= 15 is 0 Å². The van der Waals surface area contributed by atoms with Crippen LogP contribution in [0.3, 0.4) is 0 Å². The molecule has 4 rings (SSSR count). The van der Waals surface area contributed by atoms with E-state index < -0.39 is 0 Å². The molecule has 0 bridgehead atoms. The van der Waals surface area contributed by atoms with Crippen LogP contribution in [-0.2, 0) is 11.2 Å². The average Bonchev–Trinajstić information content (AvgIpc) is 3.12. The van der Waals surface area contributed by atoms with Crippen LogP contribution in [0.5, 0.6) is 0 Å². The predicted molar refractivity (Wildman–Crippen MR) is 108 cm³/mol. The first kappa shape index (κ1) is 18.2. The molecule has 1 amide bonds. The fourth-order valence-electron chi connectivity index (χ4n) is 3.26. The van der Waals surface area contributed by atoms with Crippen molar-refractivity contribution < 1.29 is 9.18 Å². The molecule has 1 aromatic heterocycles. The zero-order chi connectivity index (χ0) is 19.0. The molecule has 0 atom stereocenters. The van der Waals surface area contributed by atoms with Crippen LogP contribution in [0.25, 0.3) is 10.2 Å². The van der Waals surface area contributed by atoms with Crippen molar-refractivity contribution in [2.24, 2.45) is 0 Å². The fourth-order valence-corrected chi connectivity index (χ4v) is 4.49. The van der Waals surface area contributed by atoms with E-state index in [1.807, 2.05) is 24.0 Å². The minimum absolute atomic E-state index is 0.0770. The summed E-state index contributed by atoms with van der Waals surface area (Å²) < 4.78 is 14.1. The van der Waals surface area contributed by atoms with Crippen molar-refractivity contribution in [2.45, 2.75) is 13.3 Å². The number of halogens is 2. The second-order valence-corrected chi connectivity index (χ2v) is 8.10. The maximum absolute atomic E-state index is 13.0. The van der Waals surface area contributed by atoms with E-state index in [2.05, 4.69) is 4.90 Å². The number of carbonyl (C=O) groups excluding carboxylic acids is 1. The highest BCUT2D eigenvalue weighted by molar-refractivity contribution is 7.22. The second kappa shape index (κ2) is 7.44. The number of hydrogen-bond donors (Lipinski definition) is 0. The summed E-state index contributed by atoms with van der Waals surface area (Å²) in [5, 5.41) is 1.71. The predicted octanol–water partition coefficient (Wildman–Crippen LogP) is 4.29. The van der Waals surface area contributed by atoms with E-state index in [1.165, 1.54) is 12.1 Å². The first-order chi connectivity index (χ1) is 13.0. The van der Waals surface area contributed by atoms with E-state index in [1.54, 1.807) is 23.5 Å². The Hall–Kier alpha value is -2.18. The van der Waals surface area contributed by atoms with Gasteiger partial charge in [0, 0.05) is 31.2 Å². The van der Waals surface area contributed by atoms with Gasteiger partial charge in [-0.05, 0) is 42.3 Å². The molecule has 0 N–H and O–H groups in total. The lowest BCUT2D eigenvalue weighted by Crippen LogP contribution is -2.49. The zero-order valence-corrected chi connectivity index (χ0v) is 16.5. The summed E-state index contributed by atoms with van der Waals surface area (Å²) >= 11 is 7.86. The number of carbonyl (C=O) groups is 1. The normalized spacial score (nSPS) is 14.8. The molecule has 2 heterocycles. The van der Waals surface area contributed by atoms with Crippen molar-refractivity contribution in [3.8, 4) is 0 Å². The van der Waals surface area contributed by atoms with Gasteiger partial charge >= 0.3 is 0 Å². The third-order valence-electron chi connectivity index (χ3n) is 4.91. The maximum atomic E-state index is 13.0. The average molecular weight is 404 g/mol. The third-order valence-corrected chi connectivity index (χ3v) is 6.40. The number of anilines is 1. The number of piperazine rings is 1. The van der Waals surface area contributed by atoms with E-state index in [4.69, 9.17) is 16.6 Å². The SMILES string of the molecule is Cc1c(Cl)ccc2sc(N3CCN(C(=O)Cc4ccc(F)cc4)CC3)nc12. The molecular formula is C20H19ClFN3OS. The Kier molecular flexibility index (Phi) is 5.02. The lowest BCUT2D eigenvalue weighted by Gasteiger charge is -2.34. The highest BCUT2D eigenvalue weighted by Gasteiger charge is 2.23. The van der Waals surface area contributed by atoms with Crippen molar-refractivity contribution in [1.82, 2.24) is 9.88 Å². The highest BCUT2D eigenvalue weighted by Crippen LogP contribution is 2.33. The van der Waals surface area contributed by atoms with Crippen molar-refractivity contribution in [1.29, 1.82) is 0 Å². The molecule has 7 heteroatoms. The summed E-state index contributed by atoms with van der Waals surface area (Å²) in [6.07, 6.45) is 0.305. The number of benzene rings is 2. The van der Waals surface area contributed by atoms with Crippen LogP contribution in [0.4, 0.5) is 9.52 Å². The van der Waals surface area contributed by atoms with Gasteiger partial charge in [0.25, 0.3) is 0 Å². The standard InChI is InChI=1S/C20H19ClFN3OS/c1-13-16(21)6-7-17-19(13)23-20(27-17)25-10-8-24(9-11-25)18(26)12-14-2-4-15(22)5-3-14/h2-7H,8-12H2,1H3. The molecule has 1 fully saturated rings. The van der Waals surface area contributed by atoms with Crippen molar-refractivity contribution in [3.63, 3.8) is 0 Å². The maximum Gasteiger partial charge on any atom is 0.227 e. The number of nitrogens with zero attached hydrogens (tertiary/aromatic N) is 3. The van der Waals surface area contributed by atoms with Crippen LogP contribution in [-0.4, -0.2) is 42.0 Å². The van der Waals surface area contributed by atoms with E-state index in [-0.39, 0.29) is 11.7 Å². The summed E-state index contributed by atoms with van der Waals surface area (Å²) in [5.41, 5.74) is 2.80. The molecule has 4 nitrogen and oxygen atoms in total. The molecule has 0 spiro atoms. The first-order valence-corrected chi connectivity index (χ1v) is 10.0. The fraction of sp³-hybridized carbons (Fsp3) is 0.300. The number of aryl methyl sites for hydroxylation is 1. The number of hydrogen-bond acceptors (Lipinski definition) is 4. The van der Waals surface area contributed by atoms with Gasteiger partial charge in [-0.2, -0.15) is 0 Å². The Balaban J connectivity index is 1.40. The molecule has 2 aromatic carbocycles. The number of rotatable bonds is 3. The molecule has 1 saturated heterocycles. The second-order valence-electron chi connectivity index (χ2n) is 6.69. The minimum atomic E-state index is -0.285. The highest BCUT2D eigenvalue weighted by atomic mass is 35.5. The summed E-state index contributed by atoms with van der Waals surface area (Å²) in [6, 6.07) is 10.0. The van der Waals surface area contributed by atoms with Gasteiger partial charge in [0.15, 0.2) is 5.13 Å². The van der Waals surface area contributed by atoms with Crippen molar-refractivity contribution >= 4 is 44.2 Å². The minimum Gasteiger partial charge on any atom is -0.345 e. The van der Waals surface area contributed by atoms with Crippen LogP contribution < -0.4 is 4.90 Å². The summed E-state index contributed by atoms with van der Waals surface area (Å²) in [7, 11) is 0. The zero-order valence-electron chi connectivity index (χ0n) is 14.9. The van der Waals surface area contributed by atoms with Gasteiger partial charge in [0.05, 0.1) is 16.6 Å². The molecule has 0 radical (unpaired) electrons. The van der Waals surface area contributed by atoms with Gasteiger partial charge in [-0.25, -0.2) is 9.37 Å². The van der Waals surface area contributed by atoms with Crippen LogP contribution in [0, 0.1) is 12.7 Å². The molecule has 1 aliphatic heterocycles. The van der Waals surface area contributed by atoms with Crippen molar-refractivity contribution in [2.75, 3.05) is 31.1 Å². The molecule has 140 valence electrons. The van der Waals surface area contributed by atoms with Gasteiger partial charge in [-0.1, -0.05) is 35.1 Å². The Morgan fingerprint density at radius 2 is 1.85 bits per heavy atom. The molecular weight excluding hydrogens is 385 g/mol. The lowest BCUT2D eigenvalue weighted by atomic mass is 10.1. The van der Waals surface area contributed by atoms with Gasteiger partial charge in [-0.3, -0.25) is 4.79 Å².